The topological polar surface area (TPSA) is 20.3 Å². The van der Waals surface area contributed by atoms with Crippen LogP contribution in [0.4, 0.5) is 0 Å². The van der Waals surface area contributed by atoms with Crippen molar-refractivity contribution in [2.24, 2.45) is 11.3 Å². The summed E-state index contributed by atoms with van der Waals surface area (Å²) in [7, 11) is 0. The second-order valence-corrected chi connectivity index (χ2v) is 6.63. The van der Waals surface area contributed by atoms with Gasteiger partial charge >= 0.3 is 0 Å². The number of carbonyl (C=O) groups excluding carboxylic acids is 1. The monoisotopic (exact) mass is 255 g/mol. The molecule has 1 amide bonds. The van der Waals surface area contributed by atoms with Crippen LogP contribution < -0.4 is 0 Å². The van der Waals surface area contributed by atoms with Crippen LogP contribution in [-0.4, -0.2) is 35.9 Å². The summed E-state index contributed by atoms with van der Waals surface area (Å²) < 4.78 is 0. The van der Waals surface area contributed by atoms with E-state index < -0.39 is 0 Å². The number of hydrogen-bond donors (Lipinski definition) is 0. The molecule has 0 radical (unpaired) electrons. The molecule has 0 bridgehead atoms. The summed E-state index contributed by atoms with van der Waals surface area (Å²) in [5.74, 6) is 2.06. The van der Waals surface area contributed by atoms with Crippen LogP contribution in [0.5, 0.6) is 0 Å². The number of rotatable bonds is 5. The summed E-state index contributed by atoms with van der Waals surface area (Å²) in [4.78, 5) is 13.9. The van der Waals surface area contributed by atoms with Crippen LogP contribution in [0.15, 0.2) is 12.2 Å². The molecule has 0 N–H and O–H groups in total. The van der Waals surface area contributed by atoms with E-state index in [1.165, 1.54) is 0 Å². The van der Waals surface area contributed by atoms with Gasteiger partial charge in [-0.3, -0.25) is 4.79 Å². The zero-order valence-electron chi connectivity index (χ0n) is 11.5. The van der Waals surface area contributed by atoms with Crippen LogP contribution in [0.1, 0.15) is 33.6 Å². The predicted molar refractivity (Wildman–Crippen MR) is 76.3 cm³/mol. The summed E-state index contributed by atoms with van der Waals surface area (Å²) >= 11 is 1.85. The average molecular weight is 255 g/mol. The highest BCUT2D eigenvalue weighted by atomic mass is 32.2. The Morgan fingerprint density at radius 2 is 2.24 bits per heavy atom. The van der Waals surface area contributed by atoms with Crippen molar-refractivity contribution in [3.05, 3.63) is 12.2 Å². The SMILES string of the molecule is CSCC(C)(C)C=CCC(=O)N1CC[C@@H](C)C1. The first-order valence-corrected chi connectivity index (χ1v) is 7.78. The molecule has 1 rings (SSSR count). The third-order valence-electron chi connectivity index (χ3n) is 3.15. The number of nitrogens with zero attached hydrogens (tertiary/aromatic N) is 1. The van der Waals surface area contributed by atoms with Crippen molar-refractivity contribution in [2.45, 2.75) is 33.6 Å². The molecule has 1 saturated heterocycles. The molecule has 1 fully saturated rings. The second kappa shape index (κ2) is 6.48. The first kappa shape index (κ1) is 14.6. The Morgan fingerprint density at radius 1 is 1.53 bits per heavy atom. The van der Waals surface area contributed by atoms with Gasteiger partial charge in [0.05, 0.1) is 0 Å². The molecule has 1 heterocycles. The van der Waals surface area contributed by atoms with Gasteiger partial charge in [0.2, 0.25) is 5.91 Å². The smallest absolute Gasteiger partial charge is 0.226 e. The van der Waals surface area contributed by atoms with Gasteiger partial charge in [-0.25, -0.2) is 0 Å². The number of carbonyl (C=O) groups is 1. The van der Waals surface area contributed by atoms with E-state index in [1.54, 1.807) is 0 Å². The fourth-order valence-electron chi connectivity index (χ4n) is 2.19. The van der Waals surface area contributed by atoms with Crippen molar-refractivity contribution in [2.75, 3.05) is 25.1 Å². The number of thioether (sulfide) groups is 1. The maximum Gasteiger partial charge on any atom is 0.226 e. The molecule has 0 saturated carbocycles. The van der Waals surface area contributed by atoms with Crippen molar-refractivity contribution in [3.63, 3.8) is 0 Å². The Morgan fingerprint density at radius 3 is 2.76 bits per heavy atom. The van der Waals surface area contributed by atoms with Crippen molar-refractivity contribution in [1.29, 1.82) is 0 Å². The minimum Gasteiger partial charge on any atom is -0.342 e. The number of allylic oxidation sites excluding steroid dienone is 1. The van der Waals surface area contributed by atoms with Gasteiger partial charge in [-0.2, -0.15) is 11.8 Å². The van der Waals surface area contributed by atoms with Crippen molar-refractivity contribution >= 4 is 17.7 Å². The van der Waals surface area contributed by atoms with Crippen molar-refractivity contribution in [3.8, 4) is 0 Å². The minimum atomic E-state index is 0.192. The van der Waals surface area contributed by atoms with Gasteiger partial charge in [-0.15, -0.1) is 0 Å². The highest BCUT2D eigenvalue weighted by Crippen LogP contribution is 2.22. The summed E-state index contributed by atoms with van der Waals surface area (Å²) in [6.45, 7) is 8.53. The van der Waals surface area contributed by atoms with Crippen LogP contribution in [-0.2, 0) is 4.79 Å². The predicted octanol–water partition coefficient (Wildman–Crippen LogP) is 3.19. The van der Waals surface area contributed by atoms with E-state index in [4.69, 9.17) is 0 Å². The third-order valence-corrected chi connectivity index (χ3v) is 4.19. The Hall–Kier alpha value is -0.440. The van der Waals surface area contributed by atoms with Gasteiger partial charge in [0.15, 0.2) is 0 Å². The Kier molecular flexibility index (Phi) is 5.57. The molecule has 2 nitrogen and oxygen atoms in total. The maximum atomic E-state index is 11.9. The third kappa shape index (κ3) is 5.15. The quantitative estimate of drug-likeness (QED) is 0.703. The standard InChI is InChI=1S/C14H25NOS/c1-12-7-9-15(10-12)13(16)6-5-8-14(2,3)11-17-4/h5,8,12H,6-7,9-11H2,1-4H3/t12-/m1/s1. The fourth-order valence-corrected chi connectivity index (χ4v) is 3.03. The van der Waals surface area contributed by atoms with Crippen LogP contribution >= 0.6 is 11.8 Å². The van der Waals surface area contributed by atoms with Crippen LogP contribution in [0.2, 0.25) is 0 Å². The molecule has 1 aliphatic heterocycles. The second-order valence-electron chi connectivity index (χ2n) is 5.76. The lowest BCUT2D eigenvalue weighted by atomic mass is 9.95. The van der Waals surface area contributed by atoms with E-state index in [2.05, 4.69) is 33.1 Å². The molecule has 0 aromatic carbocycles. The Bertz CT molecular complexity index is 286. The highest BCUT2D eigenvalue weighted by Gasteiger charge is 2.22. The number of amides is 1. The van der Waals surface area contributed by atoms with E-state index in [-0.39, 0.29) is 11.3 Å². The van der Waals surface area contributed by atoms with Crippen molar-refractivity contribution in [1.82, 2.24) is 4.90 Å². The lowest BCUT2D eigenvalue weighted by molar-refractivity contribution is -0.129. The lowest BCUT2D eigenvalue weighted by Crippen LogP contribution is -2.27. The molecular formula is C14H25NOS. The van der Waals surface area contributed by atoms with Crippen molar-refractivity contribution < 1.29 is 4.79 Å². The normalized spacial score (nSPS) is 21.4. The summed E-state index contributed by atoms with van der Waals surface area (Å²) in [5, 5.41) is 0. The molecule has 0 aliphatic carbocycles. The lowest BCUT2D eigenvalue weighted by Gasteiger charge is -2.19. The first-order valence-electron chi connectivity index (χ1n) is 6.39. The molecule has 98 valence electrons. The van der Waals surface area contributed by atoms with Gasteiger partial charge in [-0.1, -0.05) is 32.9 Å². The number of likely N-dealkylation sites (tertiary alicyclic amines) is 1. The van der Waals surface area contributed by atoms with E-state index in [0.29, 0.717) is 12.3 Å². The van der Waals surface area contributed by atoms with Crippen LogP contribution in [0.3, 0.4) is 0 Å². The molecular weight excluding hydrogens is 230 g/mol. The molecule has 1 aliphatic rings. The zero-order valence-corrected chi connectivity index (χ0v) is 12.3. The van der Waals surface area contributed by atoms with Gasteiger partial charge in [0.1, 0.15) is 0 Å². The van der Waals surface area contributed by atoms with E-state index in [0.717, 1.165) is 25.3 Å². The largest absolute Gasteiger partial charge is 0.342 e. The summed E-state index contributed by atoms with van der Waals surface area (Å²) in [6.07, 6.45) is 8.06. The van der Waals surface area contributed by atoms with Gasteiger partial charge in [0, 0.05) is 25.3 Å². The van der Waals surface area contributed by atoms with Gasteiger partial charge in [0.25, 0.3) is 0 Å². The van der Waals surface area contributed by atoms with E-state index in [1.807, 2.05) is 22.7 Å². The summed E-state index contributed by atoms with van der Waals surface area (Å²) in [5.41, 5.74) is 0.192. The molecule has 17 heavy (non-hydrogen) atoms. The summed E-state index contributed by atoms with van der Waals surface area (Å²) in [6, 6.07) is 0. The maximum absolute atomic E-state index is 11.9. The molecule has 0 unspecified atom stereocenters. The Labute approximate surface area is 110 Å². The first-order chi connectivity index (χ1) is 7.94. The van der Waals surface area contributed by atoms with E-state index in [9.17, 15) is 4.79 Å². The molecule has 0 aromatic rings. The molecule has 3 heteroatoms. The molecule has 0 aromatic heterocycles. The molecule has 0 spiro atoms. The van der Waals surface area contributed by atoms with Gasteiger partial charge in [-0.05, 0) is 24.0 Å². The number of hydrogen-bond acceptors (Lipinski definition) is 2. The van der Waals surface area contributed by atoms with Crippen LogP contribution in [0, 0.1) is 11.3 Å². The van der Waals surface area contributed by atoms with E-state index >= 15 is 0 Å². The fraction of sp³-hybridized carbons (Fsp3) is 0.786. The van der Waals surface area contributed by atoms with Crippen LogP contribution in [0.25, 0.3) is 0 Å². The zero-order chi connectivity index (χ0) is 12.9. The van der Waals surface area contributed by atoms with Gasteiger partial charge < -0.3 is 4.90 Å². The molecule has 1 atom stereocenters. The highest BCUT2D eigenvalue weighted by molar-refractivity contribution is 7.98. The minimum absolute atomic E-state index is 0.192. The average Bonchev–Trinajstić information content (AvgIpc) is 2.64. The Balaban J connectivity index is 2.35.